The van der Waals surface area contributed by atoms with Crippen molar-refractivity contribution in [3.05, 3.63) is 17.6 Å². The molecular weight excluding hydrogens is 214 g/mol. The topological polar surface area (TPSA) is 49.2 Å². The first-order valence-electron chi connectivity index (χ1n) is 6.40. The van der Waals surface area contributed by atoms with Crippen LogP contribution in [0.2, 0.25) is 0 Å². The van der Waals surface area contributed by atoms with Gasteiger partial charge in [-0.25, -0.2) is 4.98 Å². The largest absolute Gasteiger partial charge is 0.394 e. The van der Waals surface area contributed by atoms with Gasteiger partial charge in [0.25, 0.3) is 0 Å². The third-order valence-electron chi connectivity index (χ3n) is 3.56. The summed E-state index contributed by atoms with van der Waals surface area (Å²) >= 11 is 0. The molecule has 17 heavy (non-hydrogen) atoms. The lowest BCUT2D eigenvalue weighted by atomic mass is 10.1. The lowest BCUT2D eigenvalue weighted by Crippen LogP contribution is -2.38. The van der Waals surface area contributed by atoms with Gasteiger partial charge in [0.05, 0.1) is 30.2 Å². The highest BCUT2D eigenvalue weighted by Gasteiger charge is 2.21. The molecule has 0 saturated carbocycles. The van der Waals surface area contributed by atoms with Crippen LogP contribution in [0.1, 0.15) is 37.1 Å². The number of hydrogen-bond acceptors (Lipinski definition) is 4. The molecule has 0 amide bonds. The van der Waals surface area contributed by atoms with Gasteiger partial charge in [-0.2, -0.15) is 0 Å². The summed E-state index contributed by atoms with van der Waals surface area (Å²) in [5, 5.41) is 9.48. The Morgan fingerprint density at radius 1 is 1.29 bits per heavy atom. The molecule has 1 aliphatic rings. The van der Waals surface area contributed by atoms with Crippen LogP contribution in [0.5, 0.6) is 0 Å². The summed E-state index contributed by atoms with van der Waals surface area (Å²) in [5.41, 5.74) is 1.95. The van der Waals surface area contributed by atoms with Gasteiger partial charge in [-0.3, -0.25) is 4.98 Å². The molecule has 0 spiro atoms. The summed E-state index contributed by atoms with van der Waals surface area (Å²) < 4.78 is 0. The van der Waals surface area contributed by atoms with Gasteiger partial charge in [-0.05, 0) is 26.7 Å². The molecule has 1 atom stereocenters. The summed E-state index contributed by atoms with van der Waals surface area (Å²) in [6, 6.07) is 0.203. The lowest BCUT2D eigenvalue weighted by molar-refractivity contribution is 0.254. The zero-order chi connectivity index (χ0) is 12.3. The van der Waals surface area contributed by atoms with E-state index in [0.717, 1.165) is 30.2 Å². The first-order valence-corrected chi connectivity index (χ1v) is 6.40. The van der Waals surface area contributed by atoms with Crippen molar-refractivity contribution in [3.63, 3.8) is 0 Å². The van der Waals surface area contributed by atoms with Crippen molar-refractivity contribution in [1.82, 2.24) is 9.97 Å². The van der Waals surface area contributed by atoms with E-state index in [0.29, 0.717) is 0 Å². The second-order valence-electron chi connectivity index (χ2n) is 4.78. The van der Waals surface area contributed by atoms with E-state index in [1.54, 1.807) is 0 Å². The van der Waals surface area contributed by atoms with Crippen molar-refractivity contribution in [2.24, 2.45) is 0 Å². The van der Waals surface area contributed by atoms with Crippen LogP contribution >= 0.6 is 0 Å². The second-order valence-corrected chi connectivity index (χ2v) is 4.78. The highest BCUT2D eigenvalue weighted by Crippen LogP contribution is 2.22. The van der Waals surface area contributed by atoms with Crippen LogP contribution in [0.25, 0.3) is 0 Å². The van der Waals surface area contributed by atoms with Gasteiger partial charge in [0.2, 0.25) is 0 Å². The zero-order valence-corrected chi connectivity index (χ0v) is 10.7. The fourth-order valence-electron chi connectivity index (χ4n) is 2.34. The van der Waals surface area contributed by atoms with Crippen LogP contribution in [-0.4, -0.2) is 34.3 Å². The summed E-state index contributed by atoms with van der Waals surface area (Å²) in [5.74, 6) is 0.911. The number of aliphatic hydroxyl groups is 1. The van der Waals surface area contributed by atoms with E-state index in [-0.39, 0.29) is 12.6 Å². The molecule has 1 aromatic heterocycles. The van der Waals surface area contributed by atoms with Gasteiger partial charge in [-0.15, -0.1) is 0 Å². The third-order valence-corrected chi connectivity index (χ3v) is 3.56. The lowest BCUT2D eigenvalue weighted by Gasteiger charge is -2.29. The Bertz CT molecular complexity index is 381. The molecule has 0 bridgehead atoms. The minimum absolute atomic E-state index is 0.203. The highest BCUT2D eigenvalue weighted by molar-refractivity contribution is 5.39. The molecule has 4 heteroatoms. The van der Waals surface area contributed by atoms with E-state index in [1.807, 2.05) is 20.0 Å². The minimum atomic E-state index is 0.203. The van der Waals surface area contributed by atoms with Crippen molar-refractivity contribution in [2.45, 2.75) is 45.6 Å². The molecule has 94 valence electrons. The summed E-state index contributed by atoms with van der Waals surface area (Å²) in [7, 11) is 0. The number of rotatable bonds is 2. The van der Waals surface area contributed by atoms with Gasteiger partial charge < -0.3 is 10.0 Å². The van der Waals surface area contributed by atoms with Gasteiger partial charge >= 0.3 is 0 Å². The Balaban J connectivity index is 2.25. The van der Waals surface area contributed by atoms with E-state index in [2.05, 4.69) is 14.9 Å². The van der Waals surface area contributed by atoms with Gasteiger partial charge in [0.15, 0.2) is 0 Å². The van der Waals surface area contributed by atoms with Crippen LogP contribution in [0.4, 0.5) is 5.82 Å². The average Bonchev–Trinajstić information content (AvgIpc) is 2.57. The Hall–Kier alpha value is -1.16. The van der Waals surface area contributed by atoms with Crippen LogP contribution in [0.15, 0.2) is 6.20 Å². The molecular formula is C13H21N3O. The molecule has 1 N–H and O–H groups in total. The van der Waals surface area contributed by atoms with E-state index in [4.69, 9.17) is 0 Å². The second kappa shape index (κ2) is 5.45. The first-order chi connectivity index (χ1) is 8.22. The number of hydrogen-bond donors (Lipinski definition) is 1. The fraction of sp³-hybridized carbons (Fsp3) is 0.692. The van der Waals surface area contributed by atoms with Gasteiger partial charge in [-0.1, -0.05) is 12.8 Å². The molecule has 1 fully saturated rings. The van der Waals surface area contributed by atoms with Crippen molar-refractivity contribution in [3.8, 4) is 0 Å². The Kier molecular flexibility index (Phi) is 3.94. The number of aromatic nitrogens is 2. The number of aryl methyl sites for hydroxylation is 2. The molecule has 1 aliphatic heterocycles. The molecule has 0 radical (unpaired) electrons. The molecule has 2 heterocycles. The third kappa shape index (κ3) is 2.75. The molecule has 1 saturated heterocycles. The van der Waals surface area contributed by atoms with Crippen LogP contribution in [0, 0.1) is 13.8 Å². The SMILES string of the molecule is Cc1ncc(N2CCCCCC2CO)nc1C. The molecule has 2 rings (SSSR count). The van der Waals surface area contributed by atoms with Crippen LogP contribution in [-0.2, 0) is 0 Å². The molecule has 0 aliphatic carbocycles. The molecule has 1 unspecified atom stereocenters. The van der Waals surface area contributed by atoms with E-state index < -0.39 is 0 Å². The first kappa shape index (κ1) is 12.3. The standard InChI is InChI=1S/C13H21N3O/c1-10-11(2)15-13(8-14-10)16-7-5-3-4-6-12(16)9-17/h8,12,17H,3-7,9H2,1-2H3. The average molecular weight is 235 g/mol. The van der Waals surface area contributed by atoms with Crippen LogP contribution in [0.3, 0.4) is 0 Å². The Morgan fingerprint density at radius 3 is 2.82 bits per heavy atom. The molecule has 0 aromatic carbocycles. The van der Waals surface area contributed by atoms with Gasteiger partial charge in [0.1, 0.15) is 5.82 Å². The smallest absolute Gasteiger partial charge is 0.147 e. The summed E-state index contributed by atoms with van der Waals surface area (Å²) in [6.45, 7) is 5.13. The maximum absolute atomic E-state index is 9.48. The van der Waals surface area contributed by atoms with Crippen molar-refractivity contribution < 1.29 is 5.11 Å². The Labute approximate surface area is 103 Å². The van der Waals surface area contributed by atoms with E-state index in [9.17, 15) is 5.11 Å². The quantitative estimate of drug-likeness (QED) is 0.849. The number of nitrogens with zero attached hydrogens (tertiary/aromatic N) is 3. The zero-order valence-electron chi connectivity index (χ0n) is 10.7. The minimum Gasteiger partial charge on any atom is -0.394 e. The van der Waals surface area contributed by atoms with Crippen molar-refractivity contribution in [1.29, 1.82) is 0 Å². The van der Waals surface area contributed by atoms with E-state index >= 15 is 0 Å². The molecule has 4 nitrogen and oxygen atoms in total. The number of anilines is 1. The highest BCUT2D eigenvalue weighted by atomic mass is 16.3. The van der Waals surface area contributed by atoms with Crippen molar-refractivity contribution in [2.75, 3.05) is 18.1 Å². The fourth-order valence-corrected chi connectivity index (χ4v) is 2.34. The maximum Gasteiger partial charge on any atom is 0.147 e. The molecule has 1 aromatic rings. The Morgan fingerprint density at radius 2 is 2.12 bits per heavy atom. The normalized spacial score (nSPS) is 21.4. The summed E-state index contributed by atoms with van der Waals surface area (Å²) in [4.78, 5) is 11.2. The predicted molar refractivity (Wildman–Crippen MR) is 68.2 cm³/mol. The summed E-state index contributed by atoms with van der Waals surface area (Å²) in [6.07, 6.45) is 6.48. The van der Waals surface area contributed by atoms with Crippen LogP contribution < -0.4 is 4.90 Å². The van der Waals surface area contributed by atoms with E-state index in [1.165, 1.54) is 19.3 Å². The number of aliphatic hydroxyl groups excluding tert-OH is 1. The maximum atomic E-state index is 9.48. The predicted octanol–water partition coefficient (Wildman–Crippen LogP) is 1.83. The van der Waals surface area contributed by atoms with Gasteiger partial charge in [0, 0.05) is 6.54 Å². The monoisotopic (exact) mass is 235 g/mol. The van der Waals surface area contributed by atoms with Crippen molar-refractivity contribution >= 4 is 5.82 Å².